The Morgan fingerprint density at radius 2 is 1.94 bits per heavy atom. The van der Waals surface area contributed by atoms with Crippen molar-refractivity contribution in [1.29, 1.82) is 0 Å². The van der Waals surface area contributed by atoms with Crippen LogP contribution < -0.4 is 0 Å². The summed E-state index contributed by atoms with van der Waals surface area (Å²) < 4.78 is 5.74. The Bertz CT molecular complexity index is 245. The van der Waals surface area contributed by atoms with Crippen molar-refractivity contribution >= 4 is 0 Å². The fourth-order valence-electron chi connectivity index (χ4n) is 3.81. The number of rotatable bonds is 7. The van der Waals surface area contributed by atoms with Crippen molar-refractivity contribution in [3.8, 4) is 0 Å². The van der Waals surface area contributed by atoms with Crippen LogP contribution in [0, 0.1) is 11.3 Å². The summed E-state index contributed by atoms with van der Waals surface area (Å²) in [4.78, 5) is 2.66. The van der Waals surface area contributed by atoms with E-state index in [0.29, 0.717) is 6.10 Å². The maximum absolute atomic E-state index is 5.74. The van der Waals surface area contributed by atoms with Gasteiger partial charge in [0.1, 0.15) is 0 Å². The summed E-state index contributed by atoms with van der Waals surface area (Å²) in [5, 5.41) is 0. The topological polar surface area (TPSA) is 12.5 Å². The van der Waals surface area contributed by atoms with Crippen molar-refractivity contribution in [2.45, 2.75) is 65.4 Å². The molecule has 2 atom stereocenters. The summed E-state index contributed by atoms with van der Waals surface area (Å²) in [7, 11) is 0. The van der Waals surface area contributed by atoms with Gasteiger partial charge in [-0.3, -0.25) is 0 Å². The van der Waals surface area contributed by atoms with E-state index in [1.165, 1.54) is 51.7 Å². The Balaban J connectivity index is 1.65. The second kappa shape index (κ2) is 6.38. The van der Waals surface area contributed by atoms with E-state index in [9.17, 15) is 0 Å². The normalized spacial score (nSPS) is 28.5. The average molecular weight is 253 g/mol. The molecule has 1 spiro atoms. The highest BCUT2D eigenvalue weighted by Crippen LogP contribution is 2.60. The van der Waals surface area contributed by atoms with Crippen molar-refractivity contribution in [3.05, 3.63) is 0 Å². The molecule has 0 aromatic heterocycles. The van der Waals surface area contributed by atoms with Gasteiger partial charge in [-0.05, 0) is 63.5 Å². The van der Waals surface area contributed by atoms with E-state index in [-0.39, 0.29) is 0 Å². The minimum Gasteiger partial charge on any atom is -0.378 e. The van der Waals surface area contributed by atoms with Crippen molar-refractivity contribution < 1.29 is 4.74 Å². The molecule has 0 aromatic rings. The summed E-state index contributed by atoms with van der Waals surface area (Å²) in [6, 6.07) is 0. The van der Waals surface area contributed by atoms with Gasteiger partial charge in [0.05, 0.1) is 6.10 Å². The zero-order chi connectivity index (χ0) is 13.0. The Labute approximate surface area is 113 Å². The number of ether oxygens (including phenoxy) is 1. The van der Waals surface area contributed by atoms with Crippen LogP contribution in [-0.4, -0.2) is 37.2 Å². The van der Waals surface area contributed by atoms with Crippen molar-refractivity contribution in [1.82, 2.24) is 4.90 Å². The van der Waals surface area contributed by atoms with Gasteiger partial charge in [0.15, 0.2) is 0 Å². The van der Waals surface area contributed by atoms with Crippen LogP contribution in [0.1, 0.15) is 59.3 Å². The van der Waals surface area contributed by atoms with Crippen LogP contribution in [0.15, 0.2) is 0 Å². The average Bonchev–Trinajstić information content (AvgIpc) is 3.09. The van der Waals surface area contributed by atoms with Gasteiger partial charge in [0.2, 0.25) is 0 Å². The SMILES string of the molecule is CCOC(CC)CCN1CCC2(CC1)CC2CC. The molecule has 0 aromatic carbocycles. The lowest BCUT2D eigenvalue weighted by Crippen LogP contribution is -2.37. The molecule has 0 bridgehead atoms. The first-order valence-electron chi connectivity index (χ1n) is 8.08. The molecule has 2 aliphatic rings. The van der Waals surface area contributed by atoms with Crippen LogP contribution in [0.4, 0.5) is 0 Å². The van der Waals surface area contributed by atoms with Crippen LogP contribution in [0.5, 0.6) is 0 Å². The van der Waals surface area contributed by atoms with Gasteiger partial charge in [-0.2, -0.15) is 0 Å². The van der Waals surface area contributed by atoms with Gasteiger partial charge in [0, 0.05) is 13.2 Å². The highest BCUT2D eigenvalue weighted by molar-refractivity contribution is 5.03. The molecule has 2 rings (SSSR count). The second-order valence-electron chi connectivity index (χ2n) is 6.29. The lowest BCUT2D eigenvalue weighted by atomic mass is 9.90. The Morgan fingerprint density at radius 3 is 2.44 bits per heavy atom. The zero-order valence-corrected chi connectivity index (χ0v) is 12.6. The van der Waals surface area contributed by atoms with Crippen LogP contribution in [0.3, 0.4) is 0 Å². The van der Waals surface area contributed by atoms with Crippen LogP contribution >= 0.6 is 0 Å². The third kappa shape index (κ3) is 3.27. The summed E-state index contributed by atoms with van der Waals surface area (Å²) in [6.45, 7) is 11.5. The monoisotopic (exact) mass is 253 g/mol. The molecule has 2 fully saturated rings. The molecule has 106 valence electrons. The Morgan fingerprint density at radius 1 is 1.22 bits per heavy atom. The van der Waals surface area contributed by atoms with Crippen LogP contribution in [0.25, 0.3) is 0 Å². The highest BCUT2D eigenvalue weighted by Gasteiger charge is 2.53. The van der Waals surface area contributed by atoms with Crippen LogP contribution in [-0.2, 0) is 4.74 Å². The van der Waals surface area contributed by atoms with E-state index in [1.807, 2.05) is 0 Å². The van der Waals surface area contributed by atoms with Gasteiger partial charge in [0.25, 0.3) is 0 Å². The minimum absolute atomic E-state index is 0.482. The van der Waals surface area contributed by atoms with E-state index >= 15 is 0 Å². The zero-order valence-electron chi connectivity index (χ0n) is 12.6. The molecule has 1 aliphatic carbocycles. The molecule has 1 heterocycles. The maximum Gasteiger partial charge on any atom is 0.0584 e. The second-order valence-corrected chi connectivity index (χ2v) is 6.29. The molecule has 0 amide bonds. The summed E-state index contributed by atoms with van der Waals surface area (Å²) in [5.74, 6) is 1.06. The van der Waals surface area contributed by atoms with Crippen LogP contribution in [0.2, 0.25) is 0 Å². The first-order valence-corrected chi connectivity index (χ1v) is 8.08. The predicted molar refractivity (Wildman–Crippen MR) is 76.8 cm³/mol. The van der Waals surface area contributed by atoms with Gasteiger partial charge in [-0.1, -0.05) is 20.3 Å². The maximum atomic E-state index is 5.74. The molecule has 2 nitrogen and oxygen atoms in total. The lowest BCUT2D eigenvalue weighted by molar-refractivity contribution is 0.0413. The molecule has 1 saturated heterocycles. The number of piperidine rings is 1. The molecule has 0 radical (unpaired) electrons. The Kier molecular flexibility index (Phi) is 5.08. The summed E-state index contributed by atoms with van der Waals surface area (Å²) in [6.07, 6.45) is 8.69. The van der Waals surface area contributed by atoms with Gasteiger partial charge >= 0.3 is 0 Å². The number of hydrogen-bond acceptors (Lipinski definition) is 2. The molecular weight excluding hydrogens is 222 g/mol. The van der Waals surface area contributed by atoms with Gasteiger partial charge < -0.3 is 9.64 Å². The van der Waals surface area contributed by atoms with Crippen molar-refractivity contribution in [2.24, 2.45) is 11.3 Å². The molecule has 2 heteroatoms. The number of hydrogen-bond donors (Lipinski definition) is 0. The molecule has 18 heavy (non-hydrogen) atoms. The summed E-state index contributed by atoms with van der Waals surface area (Å²) >= 11 is 0. The molecule has 0 N–H and O–H groups in total. The molecule has 1 saturated carbocycles. The van der Waals surface area contributed by atoms with Gasteiger partial charge in [-0.25, -0.2) is 0 Å². The summed E-state index contributed by atoms with van der Waals surface area (Å²) in [5.41, 5.74) is 0.787. The fourth-order valence-corrected chi connectivity index (χ4v) is 3.81. The third-order valence-corrected chi connectivity index (χ3v) is 5.33. The molecular formula is C16H31NO. The minimum atomic E-state index is 0.482. The molecule has 2 unspecified atom stereocenters. The standard InChI is InChI=1S/C16H31NO/c1-4-14-13-16(14)8-11-17(12-9-16)10-7-15(5-2)18-6-3/h14-15H,4-13H2,1-3H3. The highest BCUT2D eigenvalue weighted by atomic mass is 16.5. The third-order valence-electron chi connectivity index (χ3n) is 5.33. The number of likely N-dealkylation sites (tertiary alicyclic amines) is 1. The lowest BCUT2D eigenvalue weighted by Gasteiger charge is -2.33. The van der Waals surface area contributed by atoms with E-state index in [0.717, 1.165) is 24.4 Å². The van der Waals surface area contributed by atoms with E-state index in [2.05, 4.69) is 25.7 Å². The first-order chi connectivity index (χ1) is 8.74. The van der Waals surface area contributed by atoms with E-state index < -0.39 is 0 Å². The van der Waals surface area contributed by atoms with E-state index in [4.69, 9.17) is 4.74 Å². The largest absolute Gasteiger partial charge is 0.378 e. The van der Waals surface area contributed by atoms with Gasteiger partial charge in [-0.15, -0.1) is 0 Å². The number of nitrogens with zero attached hydrogens (tertiary/aromatic N) is 1. The fraction of sp³-hybridized carbons (Fsp3) is 1.00. The van der Waals surface area contributed by atoms with Crippen molar-refractivity contribution in [2.75, 3.05) is 26.2 Å². The first kappa shape index (κ1) is 14.3. The van der Waals surface area contributed by atoms with Crippen molar-refractivity contribution in [3.63, 3.8) is 0 Å². The predicted octanol–water partition coefficient (Wildman–Crippen LogP) is 3.70. The molecule has 1 aliphatic heterocycles. The van der Waals surface area contributed by atoms with E-state index in [1.54, 1.807) is 0 Å². The quantitative estimate of drug-likeness (QED) is 0.686. The Hall–Kier alpha value is -0.0800. The smallest absolute Gasteiger partial charge is 0.0584 e.